The van der Waals surface area contributed by atoms with E-state index in [1.807, 2.05) is 4.90 Å². The molecule has 4 rings (SSSR count). The van der Waals surface area contributed by atoms with Gasteiger partial charge in [-0.15, -0.1) is 0 Å². The van der Waals surface area contributed by atoms with Crippen LogP contribution in [0.1, 0.15) is 19.3 Å². The summed E-state index contributed by atoms with van der Waals surface area (Å²) in [7, 11) is 1.73. The number of anilines is 1. The number of nitrogens with zero attached hydrogens (tertiary/aromatic N) is 5. The Morgan fingerprint density at radius 1 is 1.27 bits per heavy atom. The minimum absolute atomic E-state index is 0.0633. The number of carbonyl (C=O) groups is 1. The lowest BCUT2D eigenvalue weighted by molar-refractivity contribution is -0.130. The van der Waals surface area contributed by atoms with Crippen LogP contribution >= 0.6 is 0 Å². The Morgan fingerprint density at radius 3 is 2.73 bits per heavy atom. The van der Waals surface area contributed by atoms with E-state index in [0.29, 0.717) is 42.9 Å². The van der Waals surface area contributed by atoms with Crippen LogP contribution in [0.3, 0.4) is 0 Å². The smallest absolute Gasteiger partial charge is 0.262 e. The molecule has 0 radical (unpaired) electrons. The molecular weight excluding hydrogens is 337 g/mol. The quantitative estimate of drug-likeness (QED) is 0.821. The minimum atomic E-state index is -0.432. The number of hydrogen-bond acceptors (Lipinski definition) is 5. The molecule has 8 heteroatoms. The zero-order chi connectivity index (χ0) is 18.3. The van der Waals surface area contributed by atoms with Crippen LogP contribution in [0.4, 0.5) is 10.3 Å². The Labute approximate surface area is 150 Å². The van der Waals surface area contributed by atoms with Gasteiger partial charge < -0.3 is 9.80 Å². The van der Waals surface area contributed by atoms with Crippen molar-refractivity contribution in [3.8, 4) is 0 Å². The first-order valence-corrected chi connectivity index (χ1v) is 8.99. The van der Waals surface area contributed by atoms with Crippen LogP contribution in [0.15, 0.2) is 23.3 Å². The molecule has 2 aromatic rings. The molecule has 138 valence electrons. The van der Waals surface area contributed by atoms with Crippen LogP contribution in [0.25, 0.3) is 10.9 Å². The molecule has 4 heterocycles. The molecule has 1 amide bonds. The van der Waals surface area contributed by atoms with Crippen LogP contribution in [0, 0.1) is 5.92 Å². The van der Waals surface area contributed by atoms with Crippen LogP contribution < -0.4 is 10.5 Å². The summed E-state index contributed by atoms with van der Waals surface area (Å²) < 4.78 is 14.4. The molecule has 2 aliphatic rings. The van der Waals surface area contributed by atoms with E-state index in [1.54, 1.807) is 30.1 Å². The number of aromatic nitrogens is 3. The number of pyridine rings is 1. The molecule has 0 spiro atoms. The van der Waals surface area contributed by atoms with Gasteiger partial charge in [-0.1, -0.05) is 0 Å². The molecule has 2 aliphatic heterocycles. The van der Waals surface area contributed by atoms with Gasteiger partial charge in [0.15, 0.2) is 0 Å². The summed E-state index contributed by atoms with van der Waals surface area (Å²) >= 11 is 0. The van der Waals surface area contributed by atoms with Crippen LogP contribution in [0.5, 0.6) is 0 Å². The second-order valence-electron chi connectivity index (χ2n) is 7.16. The zero-order valence-electron chi connectivity index (χ0n) is 14.8. The van der Waals surface area contributed by atoms with Crippen molar-refractivity contribution in [3.05, 3.63) is 28.8 Å². The molecule has 0 aliphatic carbocycles. The number of amides is 1. The van der Waals surface area contributed by atoms with Crippen molar-refractivity contribution in [2.45, 2.75) is 25.3 Å². The molecule has 7 nitrogen and oxygen atoms in total. The molecule has 2 aromatic heterocycles. The lowest BCUT2D eigenvalue weighted by Crippen LogP contribution is -2.47. The number of alkyl halides is 1. The predicted molar refractivity (Wildman–Crippen MR) is 95.8 cm³/mol. The van der Waals surface area contributed by atoms with Gasteiger partial charge in [0, 0.05) is 51.3 Å². The van der Waals surface area contributed by atoms with Gasteiger partial charge in [0.25, 0.3) is 5.56 Å². The monoisotopic (exact) mass is 359 g/mol. The average molecular weight is 359 g/mol. The fourth-order valence-corrected chi connectivity index (χ4v) is 4.04. The third-order valence-corrected chi connectivity index (χ3v) is 5.50. The molecule has 0 bridgehead atoms. The first kappa shape index (κ1) is 16.9. The van der Waals surface area contributed by atoms with Crippen molar-refractivity contribution in [2.24, 2.45) is 13.0 Å². The van der Waals surface area contributed by atoms with Crippen LogP contribution in [-0.4, -0.2) is 57.7 Å². The topological polar surface area (TPSA) is 71.3 Å². The van der Waals surface area contributed by atoms with E-state index < -0.39 is 6.67 Å². The summed E-state index contributed by atoms with van der Waals surface area (Å²) in [6.45, 7) is 1.51. The lowest BCUT2D eigenvalue weighted by atomic mass is 10.0. The number of hydrogen-bond donors (Lipinski definition) is 0. The van der Waals surface area contributed by atoms with Crippen molar-refractivity contribution >= 4 is 22.8 Å². The fraction of sp³-hybridized carbons (Fsp3) is 0.556. The van der Waals surface area contributed by atoms with Gasteiger partial charge in [0.1, 0.15) is 0 Å². The molecule has 0 aromatic carbocycles. The van der Waals surface area contributed by atoms with Crippen molar-refractivity contribution < 1.29 is 9.18 Å². The van der Waals surface area contributed by atoms with Crippen molar-refractivity contribution in [1.29, 1.82) is 0 Å². The van der Waals surface area contributed by atoms with E-state index >= 15 is 0 Å². The maximum absolute atomic E-state index is 12.9. The Hall–Kier alpha value is -2.51. The van der Waals surface area contributed by atoms with Gasteiger partial charge in [-0.3, -0.25) is 23.5 Å². The average Bonchev–Trinajstić information content (AvgIpc) is 3.06. The second-order valence-corrected chi connectivity index (χ2v) is 7.16. The van der Waals surface area contributed by atoms with Crippen molar-refractivity contribution in [2.75, 3.05) is 31.2 Å². The molecule has 1 unspecified atom stereocenters. The summed E-state index contributed by atoms with van der Waals surface area (Å²) in [4.78, 5) is 37.3. The van der Waals surface area contributed by atoms with Gasteiger partial charge in [-0.2, -0.15) is 0 Å². The number of piperidine rings is 1. The number of carbonyl (C=O) groups excluding carboxylic acids is 1. The number of fused-ring (bicyclic) bond motifs is 1. The zero-order valence-corrected chi connectivity index (χ0v) is 14.8. The lowest BCUT2D eigenvalue weighted by Gasteiger charge is -2.37. The number of rotatable bonds is 3. The van der Waals surface area contributed by atoms with Crippen molar-refractivity contribution in [3.63, 3.8) is 0 Å². The summed E-state index contributed by atoms with van der Waals surface area (Å²) in [5, 5.41) is 0.557. The van der Waals surface area contributed by atoms with E-state index in [1.165, 1.54) is 0 Å². The van der Waals surface area contributed by atoms with E-state index in [4.69, 9.17) is 0 Å². The summed E-state index contributed by atoms with van der Waals surface area (Å²) in [6.07, 6.45) is 5.11. The van der Waals surface area contributed by atoms with E-state index in [0.717, 1.165) is 12.8 Å². The van der Waals surface area contributed by atoms with Crippen molar-refractivity contribution in [1.82, 2.24) is 19.4 Å². The molecule has 2 saturated heterocycles. The molecule has 26 heavy (non-hydrogen) atoms. The van der Waals surface area contributed by atoms with Gasteiger partial charge in [0.2, 0.25) is 11.9 Å². The van der Waals surface area contributed by atoms with Crippen LogP contribution in [0.2, 0.25) is 0 Å². The molecule has 0 saturated carbocycles. The summed E-state index contributed by atoms with van der Waals surface area (Å²) in [6, 6.07) is 1.83. The normalized spacial score (nSPS) is 21.8. The first-order chi connectivity index (χ1) is 12.6. The Balaban J connectivity index is 1.52. The van der Waals surface area contributed by atoms with Gasteiger partial charge >= 0.3 is 0 Å². The first-order valence-electron chi connectivity index (χ1n) is 8.99. The third-order valence-electron chi connectivity index (χ3n) is 5.50. The maximum Gasteiger partial charge on any atom is 0.262 e. The van der Waals surface area contributed by atoms with E-state index in [9.17, 15) is 14.0 Å². The largest absolute Gasteiger partial charge is 0.342 e. The van der Waals surface area contributed by atoms with Gasteiger partial charge in [-0.05, 0) is 18.9 Å². The van der Waals surface area contributed by atoms with E-state index in [2.05, 4.69) is 14.9 Å². The highest BCUT2D eigenvalue weighted by atomic mass is 19.1. The van der Waals surface area contributed by atoms with Crippen LogP contribution in [-0.2, 0) is 11.8 Å². The maximum atomic E-state index is 12.9. The minimum Gasteiger partial charge on any atom is -0.342 e. The van der Waals surface area contributed by atoms with Gasteiger partial charge in [0.05, 0.1) is 23.8 Å². The molecule has 0 N–H and O–H groups in total. The Bertz CT molecular complexity index is 891. The van der Waals surface area contributed by atoms with Gasteiger partial charge in [-0.25, -0.2) is 4.98 Å². The Kier molecular flexibility index (Phi) is 4.34. The highest BCUT2D eigenvalue weighted by Crippen LogP contribution is 2.27. The second kappa shape index (κ2) is 6.66. The van der Waals surface area contributed by atoms with E-state index in [-0.39, 0.29) is 23.4 Å². The molecule has 1 atom stereocenters. The summed E-state index contributed by atoms with van der Waals surface area (Å²) in [5.74, 6) is 0.535. The highest BCUT2D eigenvalue weighted by Gasteiger charge is 2.36. The standard InChI is InChI=1S/C18H22FN5O2/c1-22-17(26)14-2-5-20-10-15(14)21-18(22)23-6-3-13(4-7-23)24-11-12(9-19)8-16(24)25/h2,5,10,12-13H,3-4,6-9,11H2,1H3. The SMILES string of the molecule is Cn1c(N2CCC(N3CC(CF)CC3=O)CC2)nc2cnccc2c1=O. The summed E-state index contributed by atoms with van der Waals surface area (Å²) in [5.41, 5.74) is 0.503. The highest BCUT2D eigenvalue weighted by molar-refractivity contribution is 5.79. The fourth-order valence-electron chi connectivity index (χ4n) is 4.04. The number of likely N-dealkylation sites (tertiary alicyclic amines) is 1. The predicted octanol–water partition coefficient (Wildman–Crippen LogP) is 1.12. The molecule has 2 fully saturated rings. The molecular formula is C18H22FN5O2. The Morgan fingerprint density at radius 2 is 2.04 bits per heavy atom. The third kappa shape index (κ3) is 2.83. The number of halogens is 1.